The summed E-state index contributed by atoms with van der Waals surface area (Å²) in [7, 11) is 0. The van der Waals surface area contributed by atoms with Crippen LogP contribution in [0.5, 0.6) is 5.75 Å². The van der Waals surface area contributed by atoms with Crippen molar-refractivity contribution in [2.45, 2.75) is 12.9 Å². The van der Waals surface area contributed by atoms with Crippen LogP contribution in [-0.4, -0.2) is 11.3 Å². The summed E-state index contributed by atoms with van der Waals surface area (Å²) < 4.78 is 41.0. The van der Waals surface area contributed by atoms with E-state index in [2.05, 4.69) is 9.72 Å². The van der Waals surface area contributed by atoms with Crippen molar-refractivity contribution in [2.75, 3.05) is 0 Å². The summed E-state index contributed by atoms with van der Waals surface area (Å²) >= 11 is 3.80. The summed E-state index contributed by atoms with van der Waals surface area (Å²) in [6, 6.07) is 0. The molecule has 0 spiro atoms. The van der Waals surface area contributed by atoms with Gasteiger partial charge in [-0.15, -0.1) is 13.2 Å². The van der Waals surface area contributed by atoms with E-state index < -0.39 is 6.36 Å². The van der Waals surface area contributed by atoms with Crippen molar-refractivity contribution < 1.29 is 17.9 Å². The minimum absolute atomic E-state index is 0.0256. The van der Waals surface area contributed by atoms with Crippen LogP contribution in [0.3, 0.4) is 0 Å². The summed E-state index contributed by atoms with van der Waals surface area (Å²) in [6.07, 6.45) is -3.69. The van der Waals surface area contributed by atoms with Gasteiger partial charge in [0.25, 0.3) is 0 Å². The molecule has 15 heavy (non-hydrogen) atoms. The molecule has 0 saturated carbocycles. The van der Waals surface area contributed by atoms with Gasteiger partial charge >= 0.3 is 6.36 Å². The first-order valence-corrected chi connectivity index (χ1v) is 5.79. The number of hydrogen-bond acceptors (Lipinski definition) is 3. The SMILES string of the molecule is NCc1c(OC(F)(F)F)cnc(I)c1I. The van der Waals surface area contributed by atoms with Gasteiger partial charge < -0.3 is 10.5 Å². The highest BCUT2D eigenvalue weighted by molar-refractivity contribution is 14.1. The third kappa shape index (κ3) is 3.59. The van der Waals surface area contributed by atoms with E-state index >= 15 is 0 Å². The Labute approximate surface area is 111 Å². The summed E-state index contributed by atoms with van der Waals surface area (Å²) in [5.74, 6) is -0.338. The maximum atomic E-state index is 12.0. The normalized spacial score (nSPS) is 11.6. The quantitative estimate of drug-likeness (QED) is 0.564. The van der Waals surface area contributed by atoms with Gasteiger partial charge in [0.15, 0.2) is 5.75 Å². The van der Waals surface area contributed by atoms with Gasteiger partial charge in [0.2, 0.25) is 0 Å². The number of ether oxygens (including phenoxy) is 1. The molecular weight excluding hydrogens is 439 g/mol. The Morgan fingerprint density at radius 3 is 2.47 bits per heavy atom. The highest BCUT2D eigenvalue weighted by Crippen LogP contribution is 2.30. The summed E-state index contributed by atoms with van der Waals surface area (Å²) in [4.78, 5) is 3.77. The zero-order valence-corrected chi connectivity index (χ0v) is 11.4. The number of hydrogen-bond donors (Lipinski definition) is 1. The van der Waals surface area contributed by atoms with Gasteiger partial charge in [-0.25, -0.2) is 4.98 Å². The van der Waals surface area contributed by atoms with Crippen molar-refractivity contribution in [1.29, 1.82) is 0 Å². The Balaban J connectivity index is 3.14. The van der Waals surface area contributed by atoms with E-state index in [-0.39, 0.29) is 12.3 Å². The molecule has 0 radical (unpaired) electrons. The minimum Gasteiger partial charge on any atom is -0.404 e. The van der Waals surface area contributed by atoms with Crippen LogP contribution < -0.4 is 10.5 Å². The van der Waals surface area contributed by atoms with Gasteiger partial charge in [-0.3, -0.25) is 0 Å². The minimum atomic E-state index is -4.72. The molecule has 3 nitrogen and oxygen atoms in total. The number of nitrogens with two attached hydrogens (primary N) is 1. The van der Waals surface area contributed by atoms with Crippen LogP contribution in [0.2, 0.25) is 0 Å². The van der Waals surface area contributed by atoms with Crippen molar-refractivity contribution in [2.24, 2.45) is 5.73 Å². The van der Waals surface area contributed by atoms with E-state index in [1.54, 1.807) is 0 Å². The van der Waals surface area contributed by atoms with Crippen LogP contribution in [0.4, 0.5) is 13.2 Å². The standard InChI is InChI=1S/C7H5F3I2N2O/c8-7(9,10)15-4-2-14-6(12)5(11)3(4)1-13/h2H,1,13H2. The number of nitrogens with zero attached hydrogens (tertiary/aromatic N) is 1. The van der Waals surface area contributed by atoms with E-state index in [9.17, 15) is 13.2 Å². The van der Waals surface area contributed by atoms with Crippen LogP contribution in [-0.2, 0) is 6.54 Å². The molecule has 0 bridgehead atoms. The monoisotopic (exact) mass is 444 g/mol. The Hall–Kier alpha value is 0.160. The number of alkyl halides is 3. The van der Waals surface area contributed by atoms with Gasteiger partial charge in [0.1, 0.15) is 3.70 Å². The molecular formula is C7H5F3I2N2O. The largest absolute Gasteiger partial charge is 0.573 e. The van der Waals surface area contributed by atoms with Gasteiger partial charge in [0, 0.05) is 12.1 Å². The molecule has 1 heterocycles. The smallest absolute Gasteiger partial charge is 0.404 e. The molecule has 0 atom stereocenters. The van der Waals surface area contributed by atoms with Crippen LogP contribution in [0.15, 0.2) is 6.20 Å². The first-order valence-electron chi connectivity index (χ1n) is 3.64. The molecule has 0 amide bonds. The molecule has 0 aliphatic heterocycles. The van der Waals surface area contributed by atoms with Gasteiger partial charge in [0.05, 0.1) is 9.77 Å². The lowest BCUT2D eigenvalue weighted by atomic mass is 10.2. The second-order valence-electron chi connectivity index (χ2n) is 2.46. The first kappa shape index (κ1) is 13.2. The van der Waals surface area contributed by atoms with E-state index in [0.29, 0.717) is 12.8 Å². The number of pyridine rings is 1. The fourth-order valence-electron chi connectivity index (χ4n) is 0.885. The molecule has 0 saturated heterocycles. The lowest BCUT2D eigenvalue weighted by Crippen LogP contribution is -2.19. The summed E-state index contributed by atoms with van der Waals surface area (Å²) in [5.41, 5.74) is 5.67. The van der Waals surface area contributed by atoms with Crippen LogP contribution >= 0.6 is 45.2 Å². The van der Waals surface area contributed by atoms with Gasteiger partial charge in [-0.05, 0) is 45.2 Å². The molecule has 1 aromatic heterocycles. The third-order valence-corrected chi connectivity index (χ3v) is 4.48. The first-order chi connectivity index (χ1) is 6.85. The van der Waals surface area contributed by atoms with Crippen LogP contribution in [0.25, 0.3) is 0 Å². The van der Waals surface area contributed by atoms with Crippen molar-refractivity contribution in [3.05, 3.63) is 19.0 Å². The maximum absolute atomic E-state index is 12.0. The Kier molecular flexibility index (Phi) is 4.40. The molecule has 2 N–H and O–H groups in total. The van der Waals surface area contributed by atoms with E-state index in [1.165, 1.54) is 0 Å². The molecule has 1 aromatic rings. The molecule has 0 fully saturated rings. The molecule has 0 unspecified atom stereocenters. The second kappa shape index (κ2) is 4.99. The highest BCUT2D eigenvalue weighted by atomic mass is 127. The van der Waals surface area contributed by atoms with Gasteiger partial charge in [-0.1, -0.05) is 0 Å². The predicted octanol–water partition coefficient (Wildman–Crippen LogP) is 2.65. The number of halogens is 5. The molecule has 8 heteroatoms. The van der Waals surface area contributed by atoms with E-state index in [4.69, 9.17) is 5.73 Å². The van der Waals surface area contributed by atoms with E-state index in [1.807, 2.05) is 45.2 Å². The molecule has 0 aromatic carbocycles. The van der Waals surface area contributed by atoms with Crippen LogP contribution in [0.1, 0.15) is 5.56 Å². The Morgan fingerprint density at radius 2 is 2.00 bits per heavy atom. The van der Waals surface area contributed by atoms with Crippen LogP contribution in [0, 0.1) is 7.27 Å². The Bertz CT molecular complexity index is 370. The van der Waals surface area contributed by atoms with Gasteiger partial charge in [-0.2, -0.15) is 0 Å². The summed E-state index contributed by atoms with van der Waals surface area (Å²) in [5, 5.41) is 0. The lowest BCUT2D eigenvalue weighted by Gasteiger charge is -2.13. The van der Waals surface area contributed by atoms with Crippen molar-refractivity contribution in [3.63, 3.8) is 0 Å². The highest BCUT2D eigenvalue weighted by Gasteiger charge is 2.32. The van der Waals surface area contributed by atoms with E-state index in [0.717, 1.165) is 6.20 Å². The van der Waals surface area contributed by atoms with Crippen molar-refractivity contribution in [1.82, 2.24) is 4.98 Å². The predicted molar refractivity (Wildman–Crippen MR) is 64.2 cm³/mol. The fraction of sp³-hybridized carbons (Fsp3) is 0.286. The summed E-state index contributed by atoms with van der Waals surface area (Å²) in [6.45, 7) is -0.0256. The second-order valence-corrected chi connectivity index (χ2v) is 4.56. The average Bonchev–Trinajstić information content (AvgIpc) is 2.10. The molecule has 1 rings (SSSR count). The fourth-order valence-corrected chi connectivity index (χ4v) is 1.98. The molecule has 84 valence electrons. The van der Waals surface area contributed by atoms with Crippen molar-refractivity contribution >= 4 is 45.2 Å². The number of rotatable bonds is 2. The zero-order chi connectivity index (χ0) is 11.6. The molecule has 0 aliphatic carbocycles. The molecule has 0 aliphatic rings. The third-order valence-electron chi connectivity index (χ3n) is 1.47. The zero-order valence-electron chi connectivity index (χ0n) is 7.11. The van der Waals surface area contributed by atoms with Crippen molar-refractivity contribution in [3.8, 4) is 5.75 Å². The lowest BCUT2D eigenvalue weighted by molar-refractivity contribution is -0.275. The maximum Gasteiger partial charge on any atom is 0.573 e. The Morgan fingerprint density at radius 1 is 1.40 bits per heavy atom. The number of aromatic nitrogens is 1. The average molecular weight is 444 g/mol. The topological polar surface area (TPSA) is 48.1 Å².